The van der Waals surface area contributed by atoms with Crippen molar-refractivity contribution in [2.75, 3.05) is 14.2 Å². The lowest BCUT2D eigenvalue weighted by molar-refractivity contribution is 0.330. The molecule has 0 atom stereocenters. The molecule has 3 rings (SSSR count). The van der Waals surface area contributed by atoms with Crippen molar-refractivity contribution in [3.63, 3.8) is 0 Å². The van der Waals surface area contributed by atoms with E-state index < -0.39 is 5.43 Å². The van der Waals surface area contributed by atoms with E-state index >= 15 is 0 Å². The summed E-state index contributed by atoms with van der Waals surface area (Å²) in [6.45, 7) is 0. The van der Waals surface area contributed by atoms with E-state index in [1.165, 1.54) is 44.6 Å². The lowest BCUT2D eigenvalue weighted by Crippen LogP contribution is -2.03. The van der Waals surface area contributed by atoms with Crippen molar-refractivity contribution < 1.29 is 28.8 Å². The molecule has 0 unspecified atom stereocenters. The summed E-state index contributed by atoms with van der Waals surface area (Å²) in [7, 11) is 2.76. The van der Waals surface area contributed by atoms with Crippen LogP contribution in [-0.2, 0) is 0 Å². The Bertz CT molecular complexity index is 942. The van der Waals surface area contributed by atoms with Gasteiger partial charge in [0.1, 0.15) is 22.5 Å². The van der Waals surface area contributed by atoms with Gasteiger partial charge in [0, 0.05) is 6.07 Å². The molecule has 0 fully saturated rings. The molecule has 0 aliphatic heterocycles. The number of phenols is 2. The number of rotatable bonds is 4. The summed E-state index contributed by atoms with van der Waals surface area (Å²) in [6, 6.07) is 8.46. The van der Waals surface area contributed by atoms with Crippen LogP contribution in [0.3, 0.4) is 0 Å². The number of hydrogen-bond acceptors (Lipinski definition) is 7. The highest BCUT2D eigenvalue weighted by Gasteiger charge is 2.19. The van der Waals surface area contributed by atoms with Crippen molar-refractivity contribution in [1.29, 1.82) is 0 Å². The quantitative estimate of drug-likeness (QED) is 0.758. The lowest BCUT2D eigenvalue weighted by atomic mass is 10.2. The number of methoxy groups -OCH3 is 2. The molecule has 7 heteroatoms. The molecule has 3 aromatic rings. The second-order valence-electron chi connectivity index (χ2n) is 4.86. The van der Waals surface area contributed by atoms with E-state index in [1.54, 1.807) is 0 Å². The minimum Gasteiger partial charge on any atom is -0.508 e. The third-order valence-corrected chi connectivity index (χ3v) is 3.37. The van der Waals surface area contributed by atoms with Crippen LogP contribution in [0.2, 0.25) is 0 Å². The zero-order valence-electron chi connectivity index (χ0n) is 12.9. The van der Waals surface area contributed by atoms with Crippen LogP contribution in [-0.4, -0.2) is 24.4 Å². The summed E-state index contributed by atoms with van der Waals surface area (Å²) in [5, 5.41) is 19.4. The predicted molar refractivity (Wildman–Crippen MR) is 85.4 cm³/mol. The Kier molecular flexibility index (Phi) is 3.91. The van der Waals surface area contributed by atoms with Crippen molar-refractivity contribution in [1.82, 2.24) is 0 Å². The highest BCUT2D eigenvalue weighted by atomic mass is 16.6. The van der Waals surface area contributed by atoms with Crippen LogP contribution in [0, 0.1) is 0 Å². The normalized spacial score (nSPS) is 10.6. The first-order chi connectivity index (χ1) is 11.5. The molecule has 0 saturated carbocycles. The fourth-order valence-corrected chi connectivity index (χ4v) is 2.27. The molecule has 0 spiro atoms. The Morgan fingerprint density at radius 2 is 1.71 bits per heavy atom. The molecular formula is C17H14O7. The van der Waals surface area contributed by atoms with Gasteiger partial charge in [0.2, 0.25) is 11.2 Å². The predicted octanol–water partition coefficient (Wildman–Crippen LogP) is 3.01. The van der Waals surface area contributed by atoms with Gasteiger partial charge in [0.05, 0.1) is 20.3 Å². The van der Waals surface area contributed by atoms with Crippen LogP contribution in [0.15, 0.2) is 45.6 Å². The maximum absolute atomic E-state index is 12.3. The first-order valence-electron chi connectivity index (χ1n) is 6.92. The molecular weight excluding hydrogens is 316 g/mol. The largest absolute Gasteiger partial charge is 0.508 e. The van der Waals surface area contributed by atoms with Crippen LogP contribution in [0.1, 0.15) is 0 Å². The molecule has 1 heterocycles. The van der Waals surface area contributed by atoms with E-state index in [0.717, 1.165) is 6.07 Å². The maximum Gasteiger partial charge on any atom is 0.294 e. The van der Waals surface area contributed by atoms with Crippen molar-refractivity contribution in [2.45, 2.75) is 0 Å². The molecule has 7 nitrogen and oxygen atoms in total. The summed E-state index contributed by atoms with van der Waals surface area (Å²) in [5.41, 5.74) is -0.407. The zero-order chi connectivity index (χ0) is 17.3. The van der Waals surface area contributed by atoms with E-state index in [1.807, 2.05) is 0 Å². The third kappa shape index (κ3) is 2.67. The van der Waals surface area contributed by atoms with Gasteiger partial charge in [0.25, 0.3) is 5.95 Å². The average Bonchev–Trinajstić information content (AvgIpc) is 2.56. The highest BCUT2D eigenvalue weighted by Crippen LogP contribution is 2.42. The first-order valence-corrected chi connectivity index (χ1v) is 6.92. The van der Waals surface area contributed by atoms with Crippen LogP contribution in [0.5, 0.6) is 34.7 Å². The molecule has 0 bridgehead atoms. The summed E-state index contributed by atoms with van der Waals surface area (Å²) < 4.78 is 21.2. The second kappa shape index (κ2) is 6.04. The van der Waals surface area contributed by atoms with Gasteiger partial charge < -0.3 is 28.8 Å². The lowest BCUT2D eigenvalue weighted by Gasteiger charge is -2.12. The van der Waals surface area contributed by atoms with Crippen molar-refractivity contribution in [2.24, 2.45) is 0 Å². The highest BCUT2D eigenvalue weighted by molar-refractivity contribution is 5.88. The molecule has 0 aliphatic carbocycles. The topological polar surface area (TPSA) is 98.4 Å². The fourth-order valence-electron chi connectivity index (χ4n) is 2.27. The van der Waals surface area contributed by atoms with Crippen LogP contribution < -0.4 is 19.6 Å². The molecule has 0 amide bonds. The molecule has 2 N–H and O–H groups in total. The maximum atomic E-state index is 12.3. The standard InChI is InChI=1S/C17H14O7/c1-21-13-8-12-15(16(20)17(13)22-2)11(19)7-14(24-12)23-10-5-3-9(18)4-6-10/h3-8,18,20H,1-2H3. The number of fused-ring (bicyclic) bond motifs is 1. The minimum absolute atomic E-state index is 0.0364. The van der Waals surface area contributed by atoms with Gasteiger partial charge in [-0.3, -0.25) is 4.79 Å². The van der Waals surface area contributed by atoms with Crippen LogP contribution in [0.4, 0.5) is 0 Å². The van der Waals surface area contributed by atoms with Gasteiger partial charge in [-0.25, -0.2) is 0 Å². The summed E-state index contributed by atoms with van der Waals surface area (Å²) >= 11 is 0. The van der Waals surface area contributed by atoms with Crippen molar-refractivity contribution in [3.05, 3.63) is 46.6 Å². The molecule has 1 aromatic heterocycles. The minimum atomic E-state index is -0.497. The average molecular weight is 330 g/mol. The first kappa shape index (κ1) is 15.5. The van der Waals surface area contributed by atoms with Crippen LogP contribution in [0.25, 0.3) is 11.0 Å². The summed E-state index contributed by atoms with van der Waals surface area (Å²) in [6.07, 6.45) is 0. The van der Waals surface area contributed by atoms with Gasteiger partial charge in [-0.2, -0.15) is 0 Å². The summed E-state index contributed by atoms with van der Waals surface area (Å²) in [5.74, 6) is 0.294. The van der Waals surface area contributed by atoms with E-state index in [9.17, 15) is 15.0 Å². The number of aromatic hydroxyl groups is 2. The smallest absolute Gasteiger partial charge is 0.294 e. The van der Waals surface area contributed by atoms with Gasteiger partial charge in [-0.05, 0) is 24.3 Å². The van der Waals surface area contributed by atoms with Gasteiger partial charge in [-0.1, -0.05) is 0 Å². The van der Waals surface area contributed by atoms with Crippen LogP contribution >= 0.6 is 0 Å². The Labute approximate surface area is 136 Å². The van der Waals surface area contributed by atoms with Gasteiger partial charge >= 0.3 is 0 Å². The monoisotopic (exact) mass is 330 g/mol. The molecule has 0 saturated heterocycles. The van der Waals surface area contributed by atoms with Crippen molar-refractivity contribution in [3.8, 4) is 34.7 Å². The summed E-state index contributed by atoms with van der Waals surface area (Å²) in [4.78, 5) is 12.3. The molecule has 0 radical (unpaired) electrons. The van der Waals surface area contributed by atoms with Gasteiger partial charge in [-0.15, -0.1) is 0 Å². The van der Waals surface area contributed by atoms with Gasteiger partial charge in [0.15, 0.2) is 11.5 Å². The molecule has 0 aliphatic rings. The molecule has 124 valence electrons. The Hall–Kier alpha value is -3.35. The number of phenolic OH excluding ortho intramolecular Hbond substituents is 2. The van der Waals surface area contributed by atoms with E-state index in [2.05, 4.69) is 0 Å². The Balaban J connectivity index is 2.12. The van der Waals surface area contributed by atoms with Crippen molar-refractivity contribution >= 4 is 11.0 Å². The number of benzene rings is 2. The van der Waals surface area contributed by atoms with E-state index in [4.69, 9.17) is 18.6 Å². The third-order valence-electron chi connectivity index (χ3n) is 3.37. The second-order valence-corrected chi connectivity index (χ2v) is 4.86. The Morgan fingerprint density at radius 3 is 2.33 bits per heavy atom. The van der Waals surface area contributed by atoms with E-state index in [0.29, 0.717) is 5.75 Å². The van der Waals surface area contributed by atoms with E-state index in [-0.39, 0.29) is 39.9 Å². The molecule has 2 aromatic carbocycles. The fraction of sp³-hybridized carbons (Fsp3) is 0.118. The molecule has 24 heavy (non-hydrogen) atoms. The Morgan fingerprint density at radius 1 is 1.00 bits per heavy atom. The SMILES string of the molecule is COc1cc2oc(Oc3ccc(O)cc3)cc(=O)c2c(O)c1OC. The number of ether oxygens (including phenoxy) is 3. The number of hydrogen-bond donors (Lipinski definition) is 2. The zero-order valence-corrected chi connectivity index (χ0v) is 12.9.